The van der Waals surface area contributed by atoms with Crippen LogP contribution in [0.15, 0.2) is 18.2 Å². The van der Waals surface area contributed by atoms with Gasteiger partial charge in [-0.3, -0.25) is 0 Å². The molecule has 3 heteroatoms. The van der Waals surface area contributed by atoms with Crippen molar-refractivity contribution in [1.82, 2.24) is 5.32 Å². The van der Waals surface area contributed by atoms with Crippen LogP contribution in [0.5, 0.6) is 5.75 Å². The summed E-state index contributed by atoms with van der Waals surface area (Å²) in [4.78, 5) is 0. The molecule has 0 aromatic heterocycles. The van der Waals surface area contributed by atoms with Crippen LogP contribution >= 0.6 is 0 Å². The lowest BCUT2D eigenvalue weighted by Gasteiger charge is -2.39. The molecule has 1 aromatic carbocycles. The van der Waals surface area contributed by atoms with Gasteiger partial charge in [0, 0.05) is 18.7 Å². The number of ether oxygens (including phenoxy) is 1. The smallest absolute Gasteiger partial charge is 0.115 e. The fourth-order valence-corrected chi connectivity index (χ4v) is 3.62. The molecular weight excluding hydrogens is 250 g/mol. The second-order valence-corrected chi connectivity index (χ2v) is 6.79. The Kier molecular flexibility index (Phi) is 3.74. The van der Waals surface area contributed by atoms with Gasteiger partial charge in [-0.05, 0) is 69.2 Å². The number of benzene rings is 1. The third kappa shape index (κ3) is 2.99. The van der Waals surface area contributed by atoms with Crippen molar-refractivity contribution >= 4 is 0 Å². The number of nitrogens with one attached hydrogen (secondary N) is 1. The van der Waals surface area contributed by atoms with Gasteiger partial charge in [-0.1, -0.05) is 6.07 Å². The number of aryl methyl sites for hydroxylation is 1. The van der Waals surface area contributed by atoms with Crippen LogP contribution in [-0.2, 0) is 11.2 Å². The summed E-state index contributed by atoms with van der Waals surface area (Å²) in [5.74, 6) is 0.379. The van der Waals surface area contributed by atoms with Crippen molar-refractivity contribution < 1.29 is 9.84 Å². The Hall–Kier alpha value is -1.06. The van der Waals surface area contributed by atoms with Gasteiger partial charge in [0.15, 0.2) is 0 Å². The predicted octanol–water partition coefficient (Wildman–Crippen LogP) is 3.32. The first kappa shape index (κ1) is 13.9. The third-order valence-electron chi connectivity index (χ3n) is 4.58. The Balaban J connectivity index is 1.74. The molecule has 1 fully saturated rings. The van der Waals surface area contributed by atoms with E-state index in [0.717, 1.165) is 32.3 Å². The summed E-state index contributed by atoms with van der Waals surface area (Å²) in [6.45, 7) is 5.17. The average molecular weight is 275 g/mol. The van der Waals surface area contributed by atoms with E-state index in [9.17, 15) is 5.11 Å². The number of hydrogen-bond donors (Lipinski definition) is 2. The van der Waals surface area contributed by atoms with Gasteiger partial charge in [0.05, 0.1) is 5.60 Å². The Morgan fingerprint density at radius 1 is 1.30 bits per heavy atom. The van der Waals surface area contributed by atoms with E-state index in [1.54, 1.807) is 6.07 Å². The van der Waals surface area contributed by atoms with Gasteiger partial charge in [0.1, 0.15) is 5.75 Å². The van der Waals surface area contributed by atoms with Gasteiger partial charge in [-0.15, -0.1) is 0 Å². The first-order chi connectivity index (χ1) is 9.53. The molecule has 0 spiro atoms. The lowest BCUT2D eigenvalue weighted by Crippen LogP contribution is -2.45. The molecule has 20 heavy (non-hydrogen) atoms. The first-order valence-electron chi connectivity index (χ1n) is 7.75. The van der Waals surface area contributed by atoms with Crippen molar-refractivity contribution in [3.8, 4) is 5.75 Å². The summed E-state index contributed by atoms with van der Waals surface area (Å²) in [6.07, 6.45) is 5.65. The molecule has 1 aliphatic heterocycles. The minimum Gasteiger partial charge on any atom is -0.508 e. The van der Waals surface area contributed by atoms with Gasteiger partial charge in [0.2, 0.25) is 0 Å². The van der Waals surface area contributed by atoms with Gasteiger partial charge < -0.3 is 15.2 Å². The molecule has 1 aromatic rings. The van der Waals surface area contributed by atoms with Crippen LogP contribution in [0.3, 0.4) is 0 Å². The summed E-state index contributed by atoms with van der Waals surface area (Å²) in [7, 11) is 0. The zero-order valence-electron chi connectivity index (χ0n) is 12.5. The van der Waals surface area contributed by atoms with Crippen molar-refractivity contribution in [1.29, 1.82) is 0 Å². The van der Waals surface area contributed by atoms with E-state index in [1.165, 1.54) is 17.5 Å². The Bertz CT molecular complexity index is 484. The van der Waals surface area contributed by atoms with Gasteiger partial charge in [0.25, 0.3) is 0 Å². The van der Waals surface area contributed by atoms with Crippen molar-refractivity contribution in [3.05, 3.63) is 29.3 Å². The maximum Gasteiger partial charge on any atom is 0.115 e. The summed E-state index contributed by atoms with van der Waals surface area (Å²) in [6, 6.07) is 6.71. The zero-order chi connectivity index (χ0) is 14.2. The molecule has 3 rings (SSSR count). The second kappa shape index (κ2) is 5.38. The predicted molar refractivity (Wildman–Crippen MR) is 80.0 cm³/mol. The molecule has 0 bridgehead atoms. The van der Waals surface area contributed by atoms with Crippen molar-refractivity contribution in [2.75, 3.05) is 6.61 Å². The fraction of sp³-hybridized carbons (Fsp3) is 0.647. The van der Waals surface area contributed by atoms with Crippen molar-refractivity contribution in [2.24, 2.45) is 0 Å². The highest BCUT2D eigenvalue weighted by molar-refractivity contribution is 5.38. The molecule has 0 saturated carbocycles. The van der Waals surface area contributed by atoms with E-state index >= 15 is 0 Å². The van der Waals surface area contributed by atoms with Gasteiger partial charge in [-0.25, -0.2) is 0 Å². The van der Waals surface area contributed by atoms with Crippen LogP contribution in [-0.4, -0.2) is 23.4 Å². The minimum atomic E-state index is -0.0216. The number of aromatic hydroxyl groups is 1. The monoisotopic (exact) mass is 275 g/mol. The number of fused-ring (bicyclic) bond motifs is 1. The van der Waals surface area contributed by atoms with Crippen LogP contribution < -0.4 is 5.32 Å². The quantitative estimate of drug-likeness (QED) is 0.870. The number of hydrogen-bond acceptors (Lipinski definition) is 3. The molecule has 0 radical (unpaired) electrons. The highest BCUT2D eigenvalue weighted by atomic mass is 16.5. The van der Waals surface area contributed by atoms with Crippen molar-refractivity contribution in [3.63, 3.8) is 0 Å². The average Bonchev–Trinajstić information content (AvgIpc) is 2.38. The number of phenols is 1. The maximum absolute atomic E-state index is 9.75. The molecule has 1 heterocycles. The molecule has 2 unspecified atom stereocenters. The van der Waals surface area contributed by atoms with Crippen LogP contribution in [0.25, 0.3) is 0 Å². The largest absolute Gasteiger partial charge is 0.508 e. The maximum atomic E-state index is 9.75. The van der Waals surface area contributed by atoms with E-state index < -0.39 is 0 Å². The molecule has 1 saturated heterocycles. The number of rotatable bonds is 2. The topological polar surface area (TPSA) is 41.5 Å². The normalized spacial score (nSPS) is 28.9. The molecule has 0 amide bonds. The molecule has 110 valence electrons. The Morgan fingerprint density at radius 2 is 2.15 bits per heavy atom. The summed E-state index contributed by atoms with van der Waals surface area (Å²) >= 11 is 0. The van der Waals surface area contributed by atoms with Crippen LogP contribution in [0.4, 0.5) is 0 Å². The Labute approximate surface area is 121 Å². The van der Waals surface area contributed by atoms with E-state index in [2.05, 4.69) is 25.2 Å². The van der Waals surface area contributed by atoms with Crippen LogP contribution in [0, 0.1) is 0 Å². The van der Waals surface area contributed by atoms with E-state index in [4.69, 9.17) is 4.74 Å². The highest BCUT2D eigenvalue weighted by Gasteiger charge is 2.31. The standard InChI is InChI=1S/C17H25NO2/c1-17(2)11-13(8-9-20-17)18-16-5-3-4-12-6-7-14(19)10-15(12)16/h6-7,10,13,16,18-19H,3-5,8-9,11H2,1-2H3. The molecule has 1 aliphatic carbocycles. The molecule has 2 aliphatic rings. The first-order valence-corrected chi connectivity index (χ1v) is 7.75. The molecule has 2 N–H and O–H groups in total. The summed E-state index contributed by atoms with van der Waals surface area (Å²) in [5.41, 5.74) is 2.66. The zero-order valence-corrected chi connectivity index (χ0v) is 12.5. The van der Waals surface area contributed by atoms with E-state index in [0.29, 0.717) is 17.8 Å². The van der Waals surface area contributed by atoms with E-state index in [-0.39, 0.29) is 5.60 Å². The minimum absolute atomic E-state index is 0.0216. The molecular formula is C17H25NO2. The highest BCUT2D eigenvalue weighted by Crippen LogP contribution is 2.34. The summed E-state index contributed by atoms with van der Waals surface area (Å²) < 4.78 is 5.79. The third-order valence-corrected chi connectivity index (χ3v) is 4.58. The fourth-order valence-electron chi connectivity index (χ4n) is 3.62. The summed E-state index contributed by atoms with van der Waals surface area (Å²) in [5, 5.41) is 13.6. The molecule has 2 atom stereocenters. The van der Waals surface area contributed by atoms with E-state index in [1.807, 2.05) is 6.07 Å². The van der Waals surface area contributed by atoms with Gasteiger partial charge >= 0.3 is 0 Å². The SMILES string of the molecule is CC1(C)CC(NC2CCCc3ccc(O)cc32)CCO1. The lowest BCUT2D eigenvalue weighted by atomic mass is 9.85. The van der Waals surface area contributed by atoms with Crippen LogP contribution in [0.1, 0.15) is 56.7 Å². The second-order valence-electron chi connectivity index (χ2n) is 6.79. The lowest BCUT2D eigenvalue weighted by molar-refractivity contribution is -0.0644. The Morgan fingerprint density at radius 3 is 2.95 bits per heavy atom. The number of phenolic OH excluding ortho intramolecular Hbond substituents is 1. The molecule has 3 nitrogen and oxygen atoms in total. The van der Waals surface area contributed by atoms with Crippen molar-refractivity contribution in [2.45, 2.75) is 63.6 Å². The van der Waals surface area contributed by atoms with Gasteiger partial charge in [-0.2, -0.15) is 0 Å². The van der Waals surface area contributed by atoms with Crippen LogP contribution in [0.2, 0.25) is 0 Å².